The van der Waals surface area contributed by atoms with E-state index in [1.165, 1.54) is 0 Å². The molecule has 0 aromatic carbocycles. The van der Waals surface area contributed by atoms with Gasteiger partial charge in [-0.15, -0.1) is 0 Å². The molecule has 0 aliphatic heterocycles. The summed E-state index contributed by atoms with van der Waals surface area (Å²) in [4.78, 5) is 0. The van der Waals surface area contributed by atoms with Crippen molar-refractivity contribution in [3.8, 4) is 0 Å². The van der Waals surface area contributed by atoms with Gasteiger partial charge >= 0.3 is 0 Å². The fraction of sp³-hybridized carbons (Fsp3) is 0.750. The number of rotatable bonds is 1. The molecule has 0 radical (unpaired) electrons. The number of hydrogen-bond donors (Lipinski definition) is 2. The average Bonchev–Trinajstić information content (AvgIpc) is 1.95. The van der Waals surface area contributed by atoms with Crippen LogP contribution in [0.3, 0.4) is 0 Å². The van der Waals surface area contributed by atoms with Crippen LogP contribution in [0.5, 0.6) is 0 Å². The Labute approximate surface area is 61.2 Å². The van der Waals surface area contributed by atoms with E-state index in [0.29, 0.717) is 18.8 Å². The molecule has 0 spiro atoms. The van der Waals surface area contributed by atoms with Gasteiger partial charge in [0.25, 0.3) is 0 Å². The standard InChI is InChI=1S/C8H14O2/c1-2-6-3-4-7(9)8(10)5-6/h6,9-10H,2-5H2,1H3. The predicted molar refractivity (Wildman–Crippen MR) is 39.9 cm³/mol. The fourth-order valence-corrected chi connectivity index (χ4v) is 1.33. The minimum Gasteiger partial charge on any atom is -0.509 e. The van der Waals surface area contributed by atoms with Gasteiger partial charge in [0.05, 0.1) is 0 Å². The van der Waals surface area contributed by atoms with E-state index < -0.39 is 0 Å². The Morgan fingerprint density at radius 2 is 2.10 bits per heavy atom. The van der Waals surface area contributed by atoms with Gasteiger partial charge in [0, 0.05) is 12.8 Å². The first kappa shape index (κ1) is 7.45. The lowest BCUT2D eigenvalue weighted by atomic mass is 9.90. The first-order chi connectivity index (χ1) is 4.74. The van der Waals surface area contributed by atoms with Gasteiger partial charge in [-0.25, -0.2) is 0 Å². The maximum absolute atomic E-state index is 9.11. The van der Waals surface area contributed by atoms with Gasteiger partial charge < -0.3 is 10.2 Å². The minimum atomic E-state index is 0.199. The van der Waals surface area contributed by atoms with Crippen LogP contribution in [0, 0.1) is 5.92 Å². The molecule has 2 N–H and O–H groups in total. The lowest BCUT2D eigenvalue weighted by Gasteiger charge is -2.19. The lowest BCUT2D eigenvalue weighted by molar-refractivity contribution is 0.240. The molecule has 58 valence electrons. The molecule has 1 aliphatic carbocycles. The number of aliphatic hydroxyl groups is 2. The average molecular weight is 142 g/mol. The highest BCUT2D eigenvalue weighted by Gasteiger charge is 2.18. The molecule has 1 rings (SSSR count). The molecule has 10 heavy (non-hydrogen) atoms. The Morgan fingerprint density at radius 1 is 1.40 bits per heavy atom. The van der Waals surface area contributed by atoms with E-state index in [9.17, 15) is 0 Å². The summed E-state index contributed by atoms with van der Waals surface area (Å²) in [5, 5.41) is 18.1. The Hall–Kier alpha value is -0.660. The van der Waals surface area contributed by atoms with E-state index in [4.69, 9.17) is 10.2 Å². The molecule has 1 unspecified atom stereocenters. The quantitative estimate of drug-likeness (QED) is 0.590. The summed E-state index contributed by atoms with van der Waals surface area (Å²) in [5.74, 6) is 0.985. The molecule has 2 heteroatoms. The Balaban J connectivity index is 2.54. The summed E-state index contributed by atoms with van der Waals surface area (Å²) in [6.07, 6.45) is 3.44. The van der Waals surface area contributed by atoms with Crippen LogP contribution in [-0.4, -0.2) is 10.2 Å². The van der Waals surface area contributed by atoms with Gasteiger partial charge in [0.2, 0.25) is 0 Å². The molecular weight excluding hydrogens is 128 g/mol. The molecule has 0 heterocycles. The van der Waals surface area contributed by atoms with Crippen LogP contribution in [-0.2, 0) is 0 Å². The lowest BCUT2D eigenvalue weighted by Crippen LogP contribution is -2.09. The Morgan fingerprint density at radius 3 is 2.60 bits per heavy atom. The molecule has 0 amide bonds. The van der Waals surface area contributed by atoms with Crippen molar-refractivity contribution in [2.24, 2.45) is 5.92 Å². The van der Waals surface area contributed by atoms with Crippen molar-refractivity contribution in [3.63, 3.8) is 0 Å². The molecular formula is C8H14O2. The van der Waals surface area contributed by atoms with E-state index in [1.54, 1.807) is 0 Å². The minimum absolute atomic E-state index is 0.199. The second kappa shape index (κ2) is 2.95. The summed E-state index contributed by atoms with van der Waals surface area (Å²) >= 11 is 0. The van der Waals surface area contributed by atoms with E-state index in [2.05, 4.69) is 6.92 Å². The first-order valence-corrected chi connectivity index (χ1v) is 3.84. The fourth-order valence-electron chi connectivity index (χ4n) is 1.33. The normalized spacial score (nSPS) is 27.1. The zero-order chi connectivity index (χ0) is 7.56. The van der Waals surface area contributed by atoms with Crippen molar-refractivity contribution >= 4 is 0 Å². The van der Waals surface area contributed by atoms with Crippen molar-refractivity contribution in [2.75, 3.05) is 0 Å². The molecule has 0 aromatic rings. The summed E-state index contributed by atoms with van der Waals surface area (Å²) in [6, 6.07) is 0. The highest BCUT2D eigenvalue weighted by atomic mass is 16.3. The summed E-state index contributed by atoms with van der Waals surface area (Å²) in [7, 11) is 0. The number of aliphatic hydroxyl groups excluding tert-OH is 2. The number of allylic oxidation sites excluding steroid dienone is 2. The van der Waals surface area contributed by atoms with Crippen molar-refractivity contribution in [3.05, 3.63) is 11.5 Å². The monoisotopic (exact) mass is 142 g/mol. The third-order valence-electron chi connectivity index (χ3n) is 2.18. The van der Waals surface area contributed by atoms with Crippen LogP contribution in [0.4, 0.5) is 0 Å². The van der Waals surface area contributed by atoms with Crippen molar-refractivity contribution in [1.82, 2.24) is 0 Å². The molecule has 1 aliphatic rings. The predicted octanol–water partition coefficient (Wildman–Crippen LogP) is 2.52. The zero-order valence-corrected chi connectivity index (χ0v) is 6.30. The highest BCUT2D eigenvalue weighted by Crippen LogP contribution is 2.28. The summed E-state index contributed by atoms with van der Waals surface area (Å²) in [6.45, 7) is 2.11. The zero-order valence-electron chi connectivity index (χ0n) is 6.30. The van der Waals surface area contributed by atoms with Gasteiger partial charge in [0.15, 0.2) is 0 Å². The summed E-state index contributed by atoms with van der Waals surface area (Å²) in [5.41, 5.74) is 0. The molecule has 0 saturated carbocycles. The molecule has 2 nitrogen and oxygen atoms in total. The molecule has 0 saturated heterocycles. The van der Waals surface area contributed by atoms with Gasteiger partial charge in [-0.05, 0) is 12.3 Å². The van der Waals surface area contributed by atoms with Crippen LogP contribution in [0.15, 0.2) is 11.5 Å². The summed E-state index contributed by atoms with van der Waals surface area (Å²) < 4.78 is 0. The van der Waals surface area contributed by atoms with Gasteiger partial charge in [-0.1, -0.05) is 13.3 Å². The van der Waals surface area contributed by atoms with E-state index in [0.717, 1.165) is 12.8 Å². The van der Waals surface area contributed by atoms with Gasteiger partial charge in [-0.3, -0.25) is 0 Å². The van der Waals surface area contributed by atoms with Crippen LogP contribution < -0.4 is 0 Å². The topological polar surface area (TPSA) is 40.5 Å². The van der Waals surface area contributed by atoms with Crippen molar-refractivity contribution < 1.29 is 10.2 Å². The van der Waals surface area contributed by atoms with Crippen LogP contribution >= 0.6 is 0 Å². The first-order valence-electron chi connectivity index (χ1n) is 3.84. The molecule has 0 fully saturated rings. The van der Waals surface area contributed by atoms with E-state index in [1.807, 2.05) is 0 Å². The highest BCUT2D eigenvalue weighted by molar-refractivity contribution is 5.03. The maximum atomic E-state index is 9.11. The smallest absolute Gasteiger partial charge is 0.130 e. The third-order valence-corrected chi connectivity index (χ3v) is 2.18. The maximum Gasteiger partial charge on any atom is 0.130 e. The van der Waals surface area contributed by atoms with Crippen LogP contribution in [0.1, 0.15) is 32.6 Å². The SMILES string of the molecule is CCC1CCC(O)=C(O)C1. The largest absolute Gasteiger partial charge is 0.509 e. The Bertz CT molecular complexity index is 149. The number of hydrogen-bond acceptors (Lipinski definition) is 2. The van der Waals surface area contributed by atoms with E-state index >= 15 is 0 Å². The van der Waals surface area contributed by atoms with Crippen molar-refractivity contribution in [2.45, 2.75) is 32.6 Å². The van der Waals surface area contributed by atoms with Gasteiger partial charge in [-0.2, -0.15) is 0 Å². The van der Waals surface area contributed by atoms with Gasteiger partial charge in [0.1, 0.15) is 11.5 Å². The Kier molecular flexibility index (Phi) is 2.20. The second-order valence-electron chi connectivity index (χ2n) is 2.91. The van der Waals surface area contributed by atoms with Crippen LogP contribution in [0.2, 0.25) is 0 Å². The second-order valence-corrected chi connectivity index (χ2v) is 2.91. The van der Waals surface area contributed by atoms with Crippen molar-refractivity contribution in [1.29, 1.82) is 0 Å². The molecule has 1 atom stereocenters. The van der Waals surface area contributed by atoms with Crippen LogP contribution in [0.25, 0.3) is 0 Å². The van der Waals surface area contributed by atoms with E-state index in [-0.39, 0.29) is 11.5 Å². The molecule has 0 bridgehead atoms. The third kappa shape index (κ3) is 1.43. The molecule has 0 aromatic heterocycles.